The zero-order valence-corrected chi connectivity index (χ0v) is 55.8. The molecule has 0 aromatic rings. The third-order valence-corrected chi connectivity index (χ3v) is 17.7. The quantitative estimate of drug-likeness (QED) is 0.0320. The number of carbonyl (C=O) groups is 2. The molecule has 0 aromatic heterocycles. The van der Waals surface area contributed by atoms with Crippen molar-refractivity contribution in [2.45, 2.75) is 437 Å². The van der Waals surface area contributed by atoms with Crippen LogP contribution in [-0.4, -0.2) is 47.4 Å². The second kappa shape index (κ2) is 71.8. The van der Waals surface area contributed by atoms with Crippen molar-refractivity contribution >= 4 is 11.9 Å². The van der Waals surface area contributed by atoms with Crippen molar-refractivity contribution < 1.29 is 24.5 Å². The maximum absolute atomic E-state index is 12.6. The van der Waals surface area contributed by atoms with Gasteiger partial charge in [-0.2, -0.15) is 0 Å². The van der Waals surface area contributed by atoms with Crippen LogP contribution in [0.2, 0.25) is 0 Å². The molecule has 0 aliphatic rings. The van der Waals surface area contributed by atoms with Gasteiger partial charge in [-0.3, -0.25) is 9.59 Å². The highest BCUT2D eigenvalue weighted by Crippen LogP contribution is 2.19. The number of allylic oxidation sites excluding steroid dienone is 4. The highest BCUT2D eigenvalue weighted by atomic mass is 16.5. The van der Waals surface area contributed by atoms with Crippen LogP contribution in [0.1, 0.15) is 425 Å². The Morgan fingerprint density at radius 2 is 0.573 bits per heavy atom. The smallest absolute Gasteiger partial charge is 0.305 e. The summed E-state index contributed by atoms with van der Waals surface area (Å²) in [6, 6.07) is -0.541. The topological polar surface area (TPSA) is 95.9 Å². The minimum Gasteiger partial charge on any atom is -0.466 e. The SMILES string of the molecule is CCCCCC/C=C\CCCCCCCC(=O)OCCCCCCCCCCCCCC/C=C\CCCCCCCCCCCCCCCCC(=O)NC(CO)C(O)CCCCCCCCCCCCCCCCCCCCCCCC. The van der Waals surface area contributed by atoms with Gasteiger partial charge in [0.1, 0.15) is 0 Å². The summed E-state index contributed by atoms with van der Waals surface area (Å²) in [5.41, 5.74) is 0. The van der Waals surface area contributed by atoms with Crippen LogP contribution < -0.4 is 5.32 Å². The van der Waals surface area contributed by atoms with Crippen LogP contribution in [0.5, 0.6) is 0 Å². The molecule has 0 bridgehead atoms. The first-order chi connectivity index (χ1) is 40.5. The van der Waals surface area contributed by atoms with Crippen LogP contribution in [0.25, 0.3) is 0 Å². The minimum atomic E-state index is -0.664. The lowest BCUT2D eigenvalue weighted by atomic mass is 10.0. The summed E-state index contributed by atoms with van der Waals surface area (Å²) < 4.78 is 5.48. The Balaban J connectivity index is 3.37. The van der Waals surface area contributed by atoms with Crippen LogP contribution in [0, 0.1) is 0 Å². The molecule has 0 radical (unpaired) electrons. The molecule has 2 atom stereocenters. The standard InChI is InChI=1S/C76H147NO5/c1-3-5-7-9-11-13-15-17-18-19-20-21-32-35-38-41-45-48-52-56-60-64-68-74(79)73(72-78)77-75(80)69-65-61-57-53-49-46-42-39-36-33-30-28-26-24-22-23-25-27-29-31-34-37-40-43-47-51-55-59-63-67-71-82-76(81)70-66-62-58-54-50-44-16-14-12-10-8-6-4-2/h14,16,23,25,73-74,78-79H,3-13,15,17-22,24,26-72H2,1-2H3,(H,77,80)/b16-14-,25-23-. The summed E-state index contributed by atoms with van der Waals surface area (Å²) in [5.74, 6) is -0.0198. The molecule has 0 heterocycles. The van der Waals surface area contributed by atoms with E-state index in [1.54, 1.807) is 0 Å². The third kappa shape index (κ3) is 67.5. The number of rotatable bonds is 71. The summed E-state index contributed by atoms with van der Waals surface area (Å²) in [4.78, 5) is 24.6. The fraction of sp³-hybridized carbons (Fsp3) is 0.921. The van der Waals surface area contributed by atoms with Crippen molar-refractivity contribution in [2.75, 3.05) is 13.2 Å². The van der Waals surface area contributed by atoms with Gasteiger partial charge in [0.15, 0.2) is 0 Å². The number of ether oxygens (including phenoxy) is 1. The molecule has 0 aromatic carbocycles. The zero-order valence-electron chi connectivity index (χ0n) is 55.8. The molecule has 0 saturated heterocycles. The minimum absolute atomic E-state index is 0.00865. The van der Waals surface area contributed by atoms with E-state index in [2.05, 4.69) is 43.5 Å². The van der Waals surface area contributed by atoms with E-state index in [-0.39, 0.29) is 18.5 Å². The lowest BCUT2D eigenvalue weighted by Gasteiger charge is -2.22. The van der Waals surface area contributed by atoms with E-state index < -0.39 is 12.1 Å². The van der Waals surface area contributed by atoms with Gasteiger partial charge >= 0.3 is 5.97 Å². The molecule has 0 saturated carbocycles. The van der Waals surface area contributed by atoms with Gasteiger partial charge in [0, 0.05) is 12.8 Å². The van der Waals surface area contributed by atoms with Crippen molar-refractivity contribution in [3.8, 4) is 0 Å². The molecule has 3 N–H and O–H groups in total. The molecule has 0 spiro atoms. The maximum atomic E-state index is 12.6. The first kappa shape index (κ1) is 80.3. The molecule has 6 heteroatoms. The summed E-state index contributed by atoms with van der Waals surface area (Å²) in [6.45, 7) is 4.98. The van der Waals surface area contributed by atoms with E-state index in [0.29, 0.717) is 25.9 Å². The van der Waals surface area contributed by atoms with Gasteiger partial charge in [0.2, 0.25) is 5.91 Å². The number of hydrogen-bond acceptors (Lipinski definition) is 5. The number of aliphatic hydroxyl groups excluding tert-OH is 2. The van der Waals surface area contributed by atoms with Gasteiger partial charge in [-0.15, -0.1) is 0 Å². The highest BCUT2D eigenvalue weighted by Gasteiger charge is 2.20. The van der Waals surface area contributed by atoms with Crippen molar-refractivity contribution in [3.05, 3.63) is 24.3 Å². The fourth-order valence-electron chi connectivity index (χ4n) is 12.0. The number of amides is 1. The maximum Gasteiger partial charge on any atom is 0.305 e. The Morgan fingerprint density at radius 1 is 0.329 bits per heavy atom. The largest absolute Gasteiger partial charge is 0.466 e. The molecule has 1 amide bonds. The van der Waals surface area contributed by atoms with E-state index in [9.17, 15) is 19.8 Å². The lowest BCUT2D eigenvalue weighted by molar-refractivity contribution is -0.143. The molecule has 2 unspecified atom stereocenters. The second-order valence-corrected chi connectivity index (χ2v) is 26.0. The number of hydrogen-bond donors (Lipinski definition) is 3. The molecule has 0 fully saturated rings. The normalized spacial score (nSPS) is 12.6. The summed E-state index contributed by atoms with van der Waals surface area (Å²) in [5, 5.41) is 23.4. The average Bonchev–Trinajstić information content (AvgIpc) is 3.48. The van der Waals surface area contributed by atoms with Gasteiger partial charge < -0.3 is 20.3 Å². The molecule has 0 rings (SSSR count). The van der Waals surface area contributed by atoms with E-state index in [4.69, 9.17) is 4.74 Å². The Hall–Kier alpha value is -1.66. The van der Waals surface area contributed by atoms with Gasteiger partial charge in [0.25, 0.3) is 0 Å². The number of unbranched alkanes of at least 4 members (excludes halogenated alkanes) is 56. The highest BCUT2D eigenvalue weighted by molar-refractivity contribution is 5.76. The van der Waals surface area contributed by atoms with Gasteiger partial charge in [0.05, 0.1) is 25.4 Å². The molecule has 6 nitrogen and oxygen atoms in total. The Bertz CT molecular complexity index is 1280. The average molecular weight is 1160 g/mol. The van der Waals surface area contributed by atoms with Crippen molar-refractivity contribution in [3.63, 3.8) is 0 Å². The summed E-state index contributed by atoms with van der Waals surface area (Å²) in [7, 11) is 0. The molecular formula is C76H147NO5. The van der Waals surface area contributed by atoms with Gasteiger partial charge in [-0.1, -0.05) is 359 Å². The number of nitrogens with one attached hydrogen (secondary N) is 1. The first-order valence-electron chi connectivity index (χ1n) is 37.6. The third-order valence-electron chi connectivity index (χ3n) is 17.7. The predicted molar refractivity (Wildman–Crippen MR) is 361 cm³/mol. The first-order valence-corrected chi connectivity index (χ1v) is 37.6. The van der Waals surface area contributed by atoms with Crippen LogP contribution in [0.15, 0.2) is 24.3 Å². The van der Waals surface area contributed by atoms with Crippen LogP contribution in [0.4, 0.5) is 0 Å². The van der Waals surface area contributed by atoms with Gasteiger partial charge in [-0.25, -0.2) is 0 Å². The Kier molecular flexibility index (Phi) is 70.4. The summed E-state index contributed by atoms with van der Waals surface area (Å²) in [6.07, 6.45) is 91.0. The second-order valence-electron chi connectivity index (χ2n) is 26.0. The number of aliphatic hydroxyl groups is 2. The molecule has 0 aliphatic carbocycles. The predicted octanol–water partition coefficient (Wildman–Crippen LogP) is 24.5. The lowest BCUT2D eigenvalue weighted by Crippen LogP contribution is -2.45. The van der Waals surface area contributed by atoms with E-state index in [1.165, 1.54) is 347 Å². The van der Waals surface area contributed by atoms with Crippen molar-refractivity contribution in [1.29, 1.82) is 0 Å². The fourth-order valence-corrected chi connectivity index (χ4v) is 12.0. The van der Waals surface area contributed by atoms with E-state index in [0.717, 1.165) is 44.9 Å². The van der Waals surface area contributed by atoms with Crippen LogP contribution in [0.3, 0.4) is 0 Å². The van der Waals surface area contributed by atoms with E-state index in [1.807, 2.05) is 0 Å². The molecule has 0 aliphatic heterocycles. The molecule has 486 valence electrons. The zero-order chi connectivity index (χ0) is 59.2. The number of esters is 1. The van der Waals surface area contributed by atoms with Crippen LogP contribution in [-0.2, 0) is 14.3 Å². The van der Waals surface area contributed by atoms with Crippen molar-refractivity contribution in [1.82, 2.24) is 5.32 Å². The molecular weight excluding hydrogens is 1010 g/mol. The van der Waals surface area contributed by atoms with E-state index >= 15 is 0 Å². The molecule has 82 heavy (non-hydrogen) atoms. The monoisotopic (exact) mass is 1150 g/mol. The van der Waals surface area contributed by atoms with Crippen LogP contribution >= 0.6 is 0 Å². The van der Waals surface area contributed by atoms with Crippen molar-refractivity contribution in [2.24, 2.45) is 0 Å². The summed E-state index contributed by atoms with van der Waals surface area (Å²) >= 11 is 0. The number of carbonyl (C=O) groups excluding carboxylic acids is 2. The Morgan fingerprint density at radius 3 is 0.878 bits per heavy atom. The Labute approximate surface area is 513 Å². The van der Waals surface area contributed by atoms with Gasteiger partial charge in [-0.05, 0) is 77.0 Å².